The molecule has 19 heavy (non-hydrogen) atoms. The van der Waals surface area contributed by atoms with Crippen LogP contribution in [0.1, 0.15) is 45.6 Å². The molecule has 0 spiro atoms. The van der Waals surface area contributed by atoms with E-state index in [0.717, 1.165) is 6.42 Å². The van der Waals surface area contributed by atoms with Gasteiger partial charge in [-0.3, -0.25) is 0 Å². The van der Waals surface area contributed by atoms with Crippen LogP contribution in [0.5, 0.6) is 5.75 Å². The number of phenolic OH excluding ortho intramolecular Hbond substituents is 1. The highest BCUT2D eigenvalue weighted by atomic mass is 16.7. The maximum absolute atomic E-state index is 9.54. The minimum Gasteiger partial charge on any atom is -0.508 e. The second-order valence-corrected chi connectivity index (χ2v) is 6.73. The molecule has 0 unspecified atom stereocenters. The van der Waals surface area contributed by atoms with Crippen molar-refractivity contribution in [2.75, 3.05) is 0 Å². The standard InChI is InChI=1S/C15H21BO3/c1-14(2)15(3,4)19-16(18-14)13-9-12(13)10-6-5-7-11(17)8-10/h5-8,12-13,17H,9H2,1-4H3/t12-,13+/m0/s1. The molecule has 1 heterocycles. The van der Waals surface area contributed by atoms with Crippen LogP contribution in [0.4, 0.5) is 0 Å². The summed E-state index contributed by atoms with van der Waals surface area (Å²) in [6.45, 7) is 8.33. The number of aromatic hydroxyl groups is 1. The number of hydrogen-bond donors (Lipinski definition) is 1. The Morgan fingerprint density at radius 2 is 1.79 bits per heavy atom. The van der Waals surface area contributed by atoms with Gasteiger partial charge in [-0.1, -0.05) is 12.1 Å². The molecule has 102 valence electrons. The van der Waals surface area contributed by atoms with Gasteiger partial charge in [0.2, 0.25) is 0 Å². The summed E-state index contributed by atoms with van der Waals surface area (Å²) in [5.41, 5.74) is 0.660. The highest BCUT2D eigenvalue weighted by Gasteiger charge is 2.59. The normalized spacial score (nSPS) is 31.5. The summed E-state index contributed by atoms with van der Waals surface area (Å²) >= 11 is 0. The van der Waals surface area contributed by atoms with E-state index in [2.05, 4.69) is 33.8 Å². The van der Waals surface area contributed by atoms with Crippen molar-refractivity contribution < 1.29 is 14.4 Å². The van der Waals surface area contributed by atoms with E-state index in [0.29, 0.717) is 17.5 Å². The number of hydrogen-bond acceptors (Lipinski definition) is 3. The van der Waals surface area contributed by atoms with Gasteiger partial charge in [0.1, 0.15) is 5.75 Å². The first kappa shape index (κ1) is 13.0. The van der Waals surface area contributed by atoms with Crippen molar-refractivity contribution in [3.63, 3.8) is 0 Å². The third-order valence-corrected chi connectivity index (χ3v) is 4.76. The summed E-state index contributed by atoms with van der Waals surface area (Å²) in [4.78, 5) is 0. The van der Waals surface area contributed by atoms with Crippen LogP contribution in [-0.2, 0) is 9.31 Å². The Kier molecular flexibility index (Phi) is 2.74. The van der Waals surface area contributed by atoms with Gasteiger partial charge in [0.05, 0.1) is 11.2 Å². The van der Waals surface area contributed by atoms with Crippen molar-refractivity contribution in [3.8, 4) is 5.75 Å². The lowest BCUT2D eigenvalue weighted by atomic mass is 9.79. The van der Waals surface area contributed by atoms with Gasteiger partial charge in [-0.25, -0.2) is 0 Å². The minimum atomic E-state index is -0.260. The van der Waals surface area contributed by atoms with Crippen LogP contribution in [0.25, 0.3) is 0 Å². The average Bonchev–Trinajstić information content (AvgIpc) is 3.03. The number of benzene rings is 1. The van der Waals surface area contributed by atoms with E-state index in [4.69, 9.17) is 9.31 Å². The van der Waals surface area contributed by atoms with Crippen LogP contribution in [0.2, 0.25) is 5.82 Å². The predicted molar refractivity (Wildman–Crippen MR) is 75.3 cm³/mol. The molecule has 0 radical (unpaired) electrons. The first-order valence-corrected chi connectivity index (χ1v) is 6.95. The second kappa shape index (κ2) is 4.00. The van der Waals surface area contributed by atoms with Crippen molar-refractivity contribution in [2.45, 2.75) is 57.1 Å². The number of phenols is 1. The fourth-order valence-corrected chi connectivity index (χ4v) is 2.72. The second-order valence-electron chi connectivity index (χ2n) is 6.73. The van der Waals surface area contributed by atoms with E-state index in [-0.39, 0.29) is 18.3 Å². The summed E-state index contributed by atoms with van der Waals surface area (Å²) in [5.74, 6) is 1.18. The Morgan fingerprint density at radius 3 is 2.37 bits per heavy atom. The molecule has 0 aromatic heterocycles. The van der Waals surface area contributed by atoms with Crippen molar-refractivity contribution in [1.29, 1.82) is 0 Å². The zero-order chi connectivity index (χ0) is 13.8. The lowest BCUT2D eigenvalue weighted by Crippen LogP contribution is -2.41. The molecule has 3 nitrogen and oxygen atoms in total. The Morgan fingerprint density at radius 1 is 1.16 bits per heavy atom. The van der Waals surface area contributed by atoms with Crippen LogP contribution in [0.15, 0.2) is 24.3 Å². The van der Waals surface area contributed by atoms with Crippen molar-refractivity contribution in [1.82, 2.24) is 0 Å². The van der Waals surface area contributed by atoms with Gasteiger partial charge in [0.15, 0.2) is 0 Å². The monoisotopic (exact) mass is 260 g/mol. The third-order valence-electron chi connectivity index (χ3n) is 4.76. The first-order chi connectivity index (χ1) is 8.80. The molecule has 2 atom stereocenters. The third kappa shape index (κ3) is 2.17. The van der Waals surface area contributed by atoms with Gasteiger partial charge in [-0.15, -0.1) is 0 Å². The van der Waals surface area contributed by atoms with Crippen molar-refractivity contribution in [2.24, 2.45) is 0 Å². The molecule has 1 N–H and O–H groups in total. The molecule has 0 bridgehead atoms. The summed E-state index contributed by atoms with van der Waals surface area (Å²) in [6.07, 6.45) is 1.07. The van der Waals surface area contributed by atoms with E-state index in [1.54, 1.807) is 6.07 Å². The topological polar surface area (TPSA) is 38.7 Å². The molecule has 1 aromatic carbocycles. The molecular weight excluding hydrogens is 239 g/mol. The van der Waals surface area contributed by atoms with Crippen LogP contribution >= 0.6 is 0 Å². The SMILES string of the molecule is CC1(C)OB([C@@H]2C[C@H]2c2cccc(O)c2)OC1(C)C. The van der Waals surface area contributed by atoms with E-state index < -0.39 is 0 Å². The minimum absolute atomic E-state index is 0.127. The zero-order valence-electron chi connectivity index (χ0n) is 12.0. The summed E-state index contributed by atoms with van der Waals surface area (Å²) in [7, 11) is -0.127. The van der Waals surface area contributed by atoms with Crippen molar-refractivity contribution >= 4 is 7.12 Å². The van der Waals surface area contributed by atoms with Gasteiger partial charge in [0.25, 0.3) is 0 Å². The molecule has 1 aliphatic heterocycles. The molecule has 2 aliphatic rings. The van der Waals surface area contributed by atoms with E-state index in [1.807, 2.05) is 12.1 Å². The van der Waals surface area contributed by atoms with Gasteiger partial charge in [-0.2, -0.15) is 0 Å². The highest BCUT2D eigenvalue weighted by molar-refractivity contribution is 6.49. The number of rotatable bonds is 2. The predicted octanol–water partition coefficient (Wildman–Crippen LogP) is 3.34. The van der Waals surface area contributed by atoms with Crippen LogP contribution in [-0.4, -0.2) is 23.4 Å². The van der Waals surface area contributed by atoms with E-state index in [9.17, 15) is 5.11 Å². The zero-order valence-corrected chi connectivity index (χ0v) is 12.0. The van der Waals surface area contributed by atoms with Gasteiger partial charge < -0.3 is 14.4 Å². The largest absolute Gasteiger partial charge is 0.508 e. The molecule has 1 aliphatic carbocycles. The summed E-state index contributed by atoms with van der Waals surface area (Å²) < 4.78 is 12.2. The molecule has 0 amide bonds. The van der Waals surface area contributed by atoms with Crippen molar-refractivity contribution in [3.05, 3.63) is 29.8 Å². The first-order valence-electron chi connectivity index (χ1n) is 6.95. The van der Waals surface area contributed by atoms with Gasteiger partial charge in [0, 0.05) is 5.82 Å². The van der Waals surface area contributed by atoms with E-state index >= 15 is 0 Å². The van der Waals surface area contributed by atoms with Crippen LogP contribution in [0, 0.1) is 0 Å². The lowest BCUT2D eigenvalue weighted by Gasteiger charge is -2.32. The Hall–Kier alpha value is -0.995. The van der Waals surface area contributed by atoms with Gasteiger partial charge in [-0.05, 0) is 57.7 Å². The van der Waals surface area contributed by atoms with Crippen LogP contribution < -0.4 is 0 Å². The van der Waals surface area contributed by atoms with E-state index in [1.165, 1.54) is 5.56 Å². The lowest BCUT2D eigenvalue weighted by molar-refractivity contribution is 0.00578. The smallest absolute Gasteiger partial charge is 0.461 e. The molecule has 4 heteroatoms. The Balaban J connectivity index is 1.72. The highest BCUT2D eigenvalue weighted by Crippen LogP contribution is 2.58. The molecule has 3 rings (SSSR count). The van der Waals surface area contributed by atoms with Crippen LogP contribution in [0.3, 0.4) is 0 Å². The molecular formula is C15H21BO3. The fourth-order valence-electron chi connectivity index (χ4n) is 2.72. The summed E-state index contributed by atoms with van der Waals surface area (Å²) in [5, 5.41) is 9.54. The molecule has 2 fully saturated rings. The average molecular weight is 260 g/mol. The maximum Gasteiger partial charge on any atom is 0.461 e. The fraction of sp³-hybridized carbons (Fsp3) is 0.600. The van der Waals surface area contributed by atoms with Gasteiger partial charge >= 0.3 is 7.12 Å². The quantitative estimate of drug-likeness (QED) is 0.829. The Bertz CT molecular complexity index is 482. The molecule has 1 aromatic rings. The summed E-state index contributed by atoms with van der Waals surface area (Å²) in [6, 6.07) is 7.51. The molecule has 1 saturated heterocycles. The maximum atomic E-state index is 9.54. The Labute approximate surface area is 115 Å². The molecule has 1 saturated carbocycles.